The number of nitrogens with zero attached hydrogens (tertiary/aromatic N) is 3. The van der Waals surface area contributed by atoms with Crippen LogP contribution in [0.3, 0.4) is 0 Å². The Morgan fingerprint density at radius 1 is 1.38 bits per heavy atom. The van der Waals surface area contributed by atoms with E-state index in [9.17, 15) is 19.3 Å². The maximum absolute atomic E-state index is 15.0. The van der Waals surface area contributed by atoms with Crippen LogP contribution in [0.15, 0.2) is 35.1 Å². The standard InChI is InChI=1S/C21H18F2N3O7P/c22-15-7-13(26-14(10-32-21(26)29)9-31-18-3-6-33-24-18)8-16(23)19(15)12-1-4-25(5-2-12)20(28)17(27)11-34-30/h1,3,6-8,14,17,27H,2,4-5,9-10H2/t14-,17-/m1/s1. The van der Waals surface area contributed by atoms with E-state index in [0.717, 1.165) is 17.0 Å². The second-order valence-electron chi connectivity index (χ2n) is 7.42. The predicted octanol–water partition coefficient (Wildman–Crippen LogP) is 2.58. The minimum absolute atomic E-state index is 0.00317. The van der Waals surface area contributed by atoms with Crippen LogP contribution in [0.4, 0.5) is 19.3 Å². The van der Waals surface area contributed by atoms with Gasteiger partial charge < -0.3 is 14.0 Å². The SMILES string of the molecule is O=P#C[C@@H](O)C(=O)N1CC=C(c2c(F)cc(N3C(=O)OC[C@H]3COc3ccon3)cc2F)CC1. The average Bonchev–Trinajstić information content (AvgIpc) is 3.46. The zero-order valence-corrected chi connectivity index (χ0v) is 18.4. The Bertz CT molecular complexity index is 1210. The molecule has 0 spiro atoms. The van der Waals surface area contributed by atoms with Crippen molar-refractivity contribution in [2.45, 2.75) is 18.6 Å². The molecule has 1 N–H and O–H groups in total. The second kappa shape index (κ2) is 10.2. The molecule has 4 rings (SSSR count). The number of aromatic nitrogens is 1. The number of hydrogen-bond acceptors (Lipinski definition) is 8. The summed E-state index contributed by atoms with van der Waals surface area (Å²) in [6.07, 6.45) is 0.496. The normalized spacial score (nSPS) is 18.7. The van der Waals surface area contributed by atoms with Crippen molar-refractivity contribution in [2.24, 2.45) is 0 Å². The first-order chi connectivity index (χ1) is 16.4. The van der Waals surface area contributed by atoms with Gasteiger partial charge in [-0.3, -0.25) is 0 Å². The van der Waals surface area contributed by atoms with Crippen LogP contribution in [0.2, 0.25) is 0 Å². The average molecular weight is 493 g/mol. The van der Waals surface area contributed by atoms with Gasteiger partial charge in [-0.2, -0.15) is 0 Å². The molecule has 1 fully saturated rings. The number of cyclic esters (lactones) is 1. The molecule has 2 aromatic rings. The van der Waals surface area contributed by atoms with E-state index in [0.29, 0.717) is 5.57 Å². The van der Waals surface area contributed by atoms with Crippen LogP contribution in [-0.4, -0.2) is 65.6 Å². The summed E-state index contributed by atoms with van der Waals surface area (Å²) in [5.41, 5.74) is 2.08. The van der Waals surface area contributed by atoms with Gasteiger partial charge in [0.05, 0.1) is 0 Å². The third kappa shape index (κ3) is 4.89. The summed E-state index contributed by atoms with van der Waals surface area (Å²) in [5.74, 6) is -2.28. The van der Waals surface area contributed by atoms with E-state index < -0.39 is 43.7 Å². The molecule has 1 saturated heterocycles. The van der Waals surface area contributed by atoms with Crippen LogP contribution in [0, 0.1) is 17.3 Å². The summed E-state index contributed by atoms with van der Waals surface area (Å²) in [4.78, 5) is 26.7. The molecule has 1 aromatic carbocycles. The molecule has 34 heavy (non-hydrogen) atoms. The van der Waals surface area contributed by atoms with Crippen LogP contribution in [0.1, 0.15) is 12.0 Å². The zero-order chi connectivity index (χ0) is 24.2. The molecule has 0 bridgehead atoms. The first kappa shape index (κ1) is 23.7. The monoisotopic (exact) mass is 493 g/mol. The summed E-state index contributed by atoms with van der Waals surface area (Å²) < 4.78 is 55.6. The van der Waals surface area contributed by atoms with Gasteiger partial charge in [-0.25, -0.2) is 4.79 Å². The van der Waals surface area contributed by atoms with Crippen molar-refractivity contribution in [2.75, 3.05) is 31.2 Å². The van der Waals surface area contributed by atoms with Gasteiger partial charge in [-0.1, -0.05) is 0 Å². The number of ether oxygens (including phenoxy) is 2. The number of anilines is 1. The van der Waals surface area contributed by atoms with Crippen LogP contribution in [0.25, 0.3) is 5.57 Å². The molecule has 1 aromatic heterocycles. The van der Waals surface area contributed by atoms with Crippen molar-refractivity contribution in [1.29, 1.82) is 0 Å². The Balaban J connectivity index is 1.51. The number of carbonyl (C=O) groups excluding carboxylic acids is 2. The molecule has 3 heterocycles. The number of benzene rings is 1. The number of amides is 2. The number of halogens is 2. The molecule has 10 nitrogen and oxygen atoms in total. The summed E-state index contributed by atoms with van der Waals surface area (Å²) in [6, 6.07) is 2.90. The molecular weight excluding hydrogens is 475 g/mol. The van der Waals surface area contributed by atoms with E-state index in [-0.39, 0.29) is 49.9 Å². The van der Waals surface area contributed by atoms with Gasteiger partial charge in [0.25, 0.3) is 5.88 Å². The van der Waals surface area contributed by atoms with Crippen LogP contribution in [0.5, 0.6) is 5.88 Å². The van der Waals surface area contributed by atoms with Crippen LogP contribution in [-0.2, 0) is 14.1 Å². The fraction of sp³-hybridized carbons (Fsp3) is 0.333. The Kier molecular flexibility index (Phi) is 7.12. The third-order valence-corrected chi connectivity index (χ3v) is 5.70. The quantitative estimate of drug-likeness (QED) is 0.610. The molecule has 0 aliphatic carbocycles. The molecule has 2 amide bonds. The second-order valence-corrected chi connectivity index (χ2v) is 7.86. The van der Waals surface area contributed by atoms with Crippen molar-refractivity contribution in [3.8, 4) is 11.5 Å². The van der Waals surface area contributed by atoms with Gasteiger partial charge >= 0.3 is 131 Å². The van der Waals surface area contributed by atoms with Crippen molar-refractivity contribution < 1.29 is 42.0 Å². The molecule has 2 aliphatic heterocycles. The molecule has 178 valence electrons. The van der Waals surface area contributed by atoms with Gasteiger partial charge in [0.1, 0.15) is 25.5 Å². The van der Waals surface area contributed by atoms with Crippen molar-refractivity contribution in [3.05, 3.63) is 47.7 Å². The fourth-order valence-electron chi connectivity index (χ4n) is 3.74. The summed E-state index contributed by atoms with van der Waals surface area (Å²) in [6.45, 7) is 0.0248. The van der Waals surface area contributed by atoms with Crippen LogP contribution < -0.4 is 9.64 Å². The minimum atomic E-state index is -1.65. The van der Waals surface area contributed by atoms with E-state index in [1.807, 2.05) is 5.63 Å². The van der Waals surface area contributed by atoms with Crippen molar-refractivity contribution in [3.63, 3.8) is 0 Å². The molecule has 2 atom stereocenters. The van der Waals surface area contributed by atoms with Crippen LogP contribution >= 0.6 is 7.92 Å². The summed E-state index contributed by atoms with van der Waals surface area (Å²) >= 11 is 0. The van der Waals surface area contributed by atoms with Gasteiger partial charge in [0.15, 0.2) is 0 Å². The van der Waals surface area contributed by atoms with Crippen molar-refractivity contribution >= 4 is 31.2 Å². The number of hydrogen-bond donors (Lipinski definition) is 1. The van der Waals surface area contributed by atoms with E-state index in [1.54, 1.807) is 0 Å². The van der Waals surface area contributed by atoms with Gasteiger partial charge in [-0.05, 0) is 5.16 Å². The number of aliphatic hydroxyl groups is 1. The van der Waals surface area contributed by atoms with Gasteiger partial charge in [0, 0.05) is 6.07 Å². The molecule has 0 saturated carbocycles. The topological polar surface area (TPSA) is 122 Å². The predicted molar refractivity (Wildman–Crippen MR) is 113 cm³/mol. The van der Waals surface area contributed by atoms with E-state index in [1.165, 1.54) is 23.3 Å². The molecule has 0 unspecified atom stereocenters. The number of carbonyl (C=O) groups is 2. The Labute approximate surface area is 192 Å². The third-order valence-electron chi connectivity index (χ3n) is 5.35. The van der Waals surface area contributed by atoms with Gasteiger partial charge in [0.2, 0.25) is 0 Å². The summed E-state index contributed by atoms with van der Waals surface area (Å²) in [5, 5.41) is 13.2. The summed E-state index contributed by atoms with van der Waals surface area (Å²) in [7, 11) is -0.603. The molecule has 0 radical (unpaired) electrons. The molecule has 2 aliphatic rings. The number of rotatable bonds is 6. The van der Waals surface area contributed by atoms with E-state index in [4.69, 9.17) is 9.47 Å². The Morgan fingerprint density at radius 2 is 2.15 bits per heavy atom. The first-order valence-corrected chi connectivity index (χ1v) is 10.9. The molecule has 13 heteroatoms. The number of aliphatic hydroxyl groups excluding tert-OH is 1. The zero-order valence-electron chi connectivity index (χ0n) is 17.5. The first-order valence-electron chi connectivity index (χ1n) is 10.1. The Hall–Kier alpha value is -3.46. The van der Waals surface area contributed by atoms with Crippen molar-refractivity contribution in [1.82, 2.24) is 10.1 Å². The fourth-order valence-corrected chi connectivity index (χ4v) is 3.95. The van der Waals surface area contributed by atoms with E-state index >= 15 is 8.78 Å². The maximum atomic E-state index is 15.0. The van der Waals surface area contributed by atoms with E-state index in [2.05, 4.69) is 9.68 Å². The Morgan fingerprint density at radius 3 is 2.76 bits per heavy atom. The molecular formula is C21H18F2N3O7P. The van der Waals surface area contributed by atoms with Gasteiger partial charge in [-0.15, -0.1) is 0 Å².